The summed E-state index contributed by atoms with van der Waals surface area (Å²) in [6.45, 7) is 8.16. The molecule has 0 saturated heterocycles. The molecule has 0 saturated carbocycles. The summed E-state index contributed by atoms with van der Waals surface area (Å²) in [4.78, 5) is 11.7. The van der Waals surface area contributed by atoms with Gasteiger partial charge in [-0.15, -0.1) is 0 Å². The number of carbonyl (C=O) groups excluding carboxylic acids is 1. The summed E-state index contributed by atoms with van der Waals surface area (Å²) in [5.41, 5.74) is 2.87. The molecule has 0 aliphatic heterocycles. The molecule has 2 unspecified atom stereocenters. The third kappa shape index (κ3) is 3.43. The molecule has 0 aromatic rings. The van der Waals surface area contributed by atoms with Gasteiger partial charge in [0.25, 0.3) is 0 Å². The van der Waals surface area contributed by atoms with Crippen LogP contribution in [-0.4, -0.2) is 23.8 Å². The van der Waals surface area contributed by atoms with Gasteiger partial charge in [0.05, 0.1) is 12.7 Å². The average molecular weight is 238 g/mol. The smallest absolute Gasteiger partial charge is 0.334 e. The Morgan fingerprint density at radius 1 is 1.53 bits per heavy atom. The van der Waals surface area contributed by atoms with Crippen LogP contribution in [0, 0.1) is 5.92 Å². The molecule has 1 aliphatic rings. The third-order valence-electron chi connectivity index (χ3n) is 3.21. The molecule has 1 N–H and O–H groups in total. The second-order valence-corrected chi connectivity index (χ2v) is 4.78. The van der Waals surface area contributed by atoms with Gasteiger partial charge in [0.1, 0.15) is 0 Å². The number of hydrogen-bond donors (Lipinski definition) is 1. The van der Waals surface area contributed by atoms with Gasteiger partial charge in [0, 0.05) is 17.9 Å². The fraction of sp³-hybridized carbons (Fsp3) is 0.643. The molecule has 0 heterocycles. The van der Waals surface area contributed by atoms with Crippen LogP contribution in [0.5, 0.6) is 0 Å². The van der Waals surface area contributed by atoms with Crippen LogP contribution in [0.2, 0.25) is 0 Å². The summed E-state index contributed by atoms with van der Waals surface area (Å²) in [7, 11) is 0. The van der Waals surface area contributed by atoms with Crippen molar-refractivity contribution in [1.29, 1.82) is 0 Å². The lowest BCUT2D eigenvalue weighted by Gasteiger charge is -2.14. The van der Waals surface area contributed by atoms with Gasteiger partial charge >= 0.3 is 5.97 Å². The molecule has 0 amide bonds. The van der Waals surface area contributed by atoms with Gasteiger partial charge in [-0.3, -0.25) is 0 Å². The Hall–Kier alpha value is -1.09. The second kappa shape index (κ2) is 6.01. The van der Waals surface area contributed by atoms with Gasteiger partial charge < -0.3 is 9.84 Å². The standard InChI is InChI=1S/C14H22O3/c1-5-17-14(16)12-8-13(15)11(10(12)4)7-6-9(2)3/h6,11,13,15H,5,7-8H2,1-4H3. The molecule has 1 aliphatic carbocycles. The van der Waals surface area contributed by atoms with Gasteiger partial charge in [-0.2, -0.15) is 0 Å². The molecule has 0 fully saturated rings. The minimum atomic E-state index is -0.454. The lowest BCUT2D eigenvalue weighted by molar-refractivity contribution is -0.138. The normalized spacial score (nSPS) is 23.8. The zero-order valence-corrected chi connectivity index (χ0v) is 11.1. The van der Waals surface area contributed by atoms with E-state index in [-0.39, 0.29) is 11.9 Å². The molecule has 0 bridgehead atoms. The fourth-order valence-corrected chi connectivity index (χ4v) is 2.18. The quantitative estimate of drug-likeness (QED) is 0.605. The van der Waals surface area contributed by atoms with Crippen molar-refractivity contribution >= 4 is 5.97 Å². The first-order valence-corrected chi connectivity index (χ1v) is 6.15. The van der Waals surface area contributed by atoms with Crippen LogP contribution >= 0.6 is 0 Å². The highest BCUT2D eigenvalue weighted by molar-refractivity contribution is 5.90. The number of esters is 1. The van der Waals surface area contributed by atoms with Gasteiger partial charge in [-0.25, -0.2) is 4.79 Å². The lowest BCUT2D eigenvalue weighted by Crippen LogP contribution is -2.15. The van der Waals surface area contributed by atoms with Crippen LogP contribution in [0.3, 0.4) is 0 Å². The van der Waals surface area contributed by atoms with E-state index in [4.69, 9.17) is 4.74 Å². The zero-order chi connectivity index (χ0) is 13.0. The predicted molar refractivity (Wildman–Crippen MR) is 67.5 cm³/mol. The molecule has 96 valence electrons. The van der Waals surface area contributed by atoms with Crippen molar-refractivity contribution in [2.75, 3.05) is 6.61 Å². The van der Waals surface area contributed by atoms with E-state index in [1.165, 1.54) is 5.57 Å². The Morgan fingerprint density at radius 2 is 2.18 bits per heavy atom. The molecule has 0 aromatic carbocycles. The average Bonchev–Trinajstić information content (AvgIpc) is 2.52. The van der Waals surface area contributed by atoms with E-state index in [1.54, 1.807) is 6.92 Å². The molecule has 0 spiro atoms. The van der Waals surface area contributed by atoms with Crippen LogP contribution in [0.15, 0.2) is 22.8 Å². The maximum atomic E-state index is 11.7. The van der Waals surface area contributed by atoms with Crippen molar-refractivity contribution in [3.05, 3.63) is 22.8 Å². The number of aliphatic hydroxyl groups is 1. The molecule has 2 atom stereocenters. The Bertz CT molecular complexity index is 348. The molecule has 17 heavy (non-hydrogen) atoms. The van der Waals surface area contributed by atoms with Crippen molar-refractivity contribution in [3.8, 4) is 0 Å². The minimum absolute atomic E-state index is 0.0595. The maximum Gasteiger partial charge on any atom is 0.334 e. The summed E-state index contributed by atoms with van der Waals surface area (Å²) < 4.78 is 5.00. The molecule has 0 aromatic heterocycles. The van der Waals surface area contributed by atoms with Crippen molar-refractivity contribution in [3.63, 3.8) is 0 Å². The van der Waals surface area contributed by atoms with Crippen molar-refractivity contribution in [1.82, 2.24) is 0 Å². The number of allylic oxidation sites excluding steroid dienone is 2. The lowest BCUT2D eigenvalue weighted by atomic mass is 9.95. The molecule has 3 heteroatoms. The van der Waals surface area contributed by atoms with E-state index >= 15 is 0 Å². The SMILES string of the molecule is CCOC(=O)C1=C(C)C(CC=C(C)C)C(O)C1. The highest BCUT2D eigenvalue weighted by atomic mass is 16.5. The van der Waals surface area contributed by atoms with Gasteiger partial charge in [0.15, 0.2) is 0 Å². The Kier molecular flexibility index (Phi) is 4.94. The highest BCUT2D eigenvalue weighted by Crippen LogP contribution is 2.35. The van der Waals surface area contributed by atoms with E-state index in [2.05, 4.69) is 6.08 Å². The van der Waals surface area contributed by atoms with Gasteiger partial charge in [0.2, 0.25) is 0 Å². The zero-order valence-electron chi connectivity index (χ0n) is 11.1. The summed E-state index contributed by atoms with van der Waals surface area (Å²) in [6.07, 6.45) is 2.86. The number of hydrogen-bond acceptors (Lipinski definition) is 3. The molecular formula is C14H22O3. The van der Waals surface area contributed by atoms with E-state index < -0.39 is 6.10 Å². The van der Waals surface area contributed by atoms with Crippen LogP contribution in [-0.2, 0) is 9.53 Å². The van der Waals surface area contributed by atoms with Gasteiger partial charge in [-0.1, -0.05) is 17.2 Å². The Balaban J connectivity index is 2.80. The number of ether oxygens (including phenoxy) is 1. The molecular weight excluding hydrogens is 216 g/mol. The summed E-state index contributed by atoms with van der Waals surface area (Å²) in [5, 5.41) is 9.98. The topological polar surface area (TPSA) is 46.5 Å². The van der Waals surface area contributed by atoms with E-state index in [1.807, 2.05) is 20.8 Å². The fourth-order valence-electron chi connectivity index (χ4n) is 2.18. The van der Waals surface area contributed by atoms with E-state index in [0.717, 1.165) is 12.0 Å². The maximum absolute atomic E-state index is 11.7. The first-order chi connectivity index (χ1) is 7.97. The molecule has 0 radical (unpaired) electrons. The van der Waals surface area contributed by atoms with Crippen molar-refractivity contribution in [2.45, 2.75) is 46.6 Å². The largest absolute Gasteiger partial charge is 0.463 e. The van der Waals surface area contributed by atoms with Gasteiger partial charge in [-0.05, 0) is 34.1 Å². The minimum Gasteiger partial charge on any atom is -0.463 e. The Labute approximate surface area is 103 Å². The summed E-state index contributed by atoms with van der Waals surface area (Å²) in [5.74, 6) is -0.215. The summed E-state index contributed by atoms with van der Waals surface area (Å²) >= 11 is 0. The number of rotatable bonds is 4. The number of aliphatic hydroxyl groups excluding tert-OH is 1. The van der Waals surface area contributed by atoms with Crippen LogP contribution in [0.4, 0.5) is 0 Å². The second-order valence-electron chi connectivity index (χ2n) is 4.78. The number of carbonyl (C=O) groups is 1. The van der Waals surface area contributed by atoms with Crippen molar-refractivity contribution in [2.24, 2.45) is 5.92 Å². The first-order valence-electron chi connectivity index (χ1n) is 6.15. The molecule has 3 nitrogen and oxygen atoms in total. The predicted octanol–water partition coefficient (Wildman–Crippen LogP) is 2.60. The van der Waals surface area contributed by atoms with E-state index in [0.29, 0.717) is 18.6 Å². The van der Waals surface area contributed by atoms with Crippen LogP contribution in [0.25, 0.3) is 0 Å². The monoisotopic (exact) mass is 238 g/mol. The third-order valence-corrected chi connectivity index (χ3v) is 3.21. The Morgan fingerprint density at radius 3 is 2.71 bits per heavy atom. The van der Waals surface area contributed by atoms with Crippen LogP contribution < -0.4 is 0 Å². The van der Waals surface area contributed by atoms with E-state index in [9.17, 15) is 9.90 Å². The van der Waals surface area contributed by atoms with Crippen molar-refractivity contribution < 1.29 is 14.6 Å². The van der Waals surface area contributed by atoms with Crippen LogP contribution in [0.1, 0.15) is 40.5 Å². The summed E-state index contributed by atoms with van der Waals surface area (Å²) in [6, 6.07) is 0. The highest BCUT2D eigenvalue weighted by Gasteiger charge is 2.33. The first kappa shape index (κ1) is 14.0. The molecule has 1 rings (SSSR count).